The number of nitrogens with two attached hydrogens (primary N) is 1. The number of rotatable bonds is 10. The quantitative estimate of drug-likeness (QED) is 0.397. The molecule has 4 aliphatic rings. The smallest absolute Gasteiger partial charge is 0.393 e. The molecular formula is C22H32F3N5O2. The Morgan fingerprint density at radius 2 is 1.84 bits per heavy atom. The van der Waals surface area contributed by atoms with Crippen LogP contribution in [0.5, 0.6) is 0 Å². The largest absolute Gasteiger partial charge is 0.394 e. The minimum atomic E-state index is -4.04. The van der Waals surface area contributed by atoms with Gasteiger partial charge in [-0.1, -0.05) is 12.8 Å². The van der Waals surface area contributed by atoms with E-state index in [2.05, 4.69) is 20.6 Å². The molecule has 4 saturated carbocycles. The van der Waals surface area contributed by atoms with Gasteiger partial charge in [0.2, 0.25) is 5.95 Å². The number of hydrogen-bond acceptors (Lipinski definition) is 6. The third-order valence-electron chi connectivity index (χ3n) is 7.50. The van der Waals surface area contributed by atoms with Crippen molar-refractivity contribution in [2.24, 2.45) is 16.6 Å². The summed E-state index contributed by atoms with van der Waals surface area (Å²) in [5, 5.41) is 16.1. The predicted molar refractivity (Wildman–Crippen MR) is 114 cm³/mol. The molecule has 4 fully saturated rings. The first-order chi connectivity index (χ1) is 15.1. The number of carbonyl (C=O) groups is 1. The summed E-state index contributed by atoms with van der Waals surface area (Å²) in [6.07, 6.45) is 4.67. The summed E-state index contributed by atoms with van der Waals surface area (Å²) in [7, 11) is 0. The van der Waals surface area contributed by atoms with Gasteiger partial charge in [0.1, 0.15) is 5.82 Å². The van der Waals surface area contributed by atoms with Crippen molar-refractivity contribution in [1.82, 2.24) is 9.97 Å². The van der Waals surface area contributed by atoms with Gasteiger partial charge in [0.15, 0.2) is 0 Å². The summed E-state index contributed by atoms with van der Waals surface area (Å²) in [4.78, 5) is 20.3. The van der Waals surface area contributed by atoms with Crippen LogP contribution in [0.25, 0.3) is 0 Å². The Morgan fingerprint density at radius 3 is 2.47 bits per heavy atom. The highest BCUT2D eigenvalue weighted by Gasteiger charge is 2.77. The van der Waals surface area contributed by atoms with Crippen LogP contribution in [-0.4, -0.2) is 45.8 Å². The van der Waals surface area contributed by atoms with Crippen LogP contribution in [0.4, 0.5) is 24.9 Å². The lowest BCUT2D eigenvalue weighted by atomic mass is 9.34. The Kier molecular flexibility index (Phi) is 6.26. The van der Waals surface area contributed by atoms with Crippen molar-refractivity contribution in [2.45, 2.75) is 89.0 Å². The number of aromatic nitrogens is 2. The second-order valence-electron chi connectivity index (χ2n) is 10.0. The van der Waals surface area contributed by atoms with Gasteiger partial charge in [-0.25, -0.2) is 4.98 Å². The Balaban J connectivity index is 1.20. The minimum absolute atomic E-state index is 0.0650. The highest BCUT2D eigenvalue weighted by Crippen LogP contribution is 2.79. The van der Waals surface area contributed by atoms with Crippen LogP contribution in [-0.2, 0) is 0 Å². The Morgan fingerprint density at radius 1 is 1.16 bits per heavy atom. The Hall–Kier alpha value is -2.10. The first-order valence-electron chi connectivity index (χ1n) is 11.5. The lowest BCUT2D eigenvalue weighted by Gasteiger charge is -2.71. The van der Waals surface area contributed by atoms with E-state index in [4.69, 9.17) is 5.73 Å². The number of aliphatic hydroxyl groups is 1. The SMILES string of the molecule is NC(=O)c1cnc(NC2CCC(O)CC2)nc1NCCCCCC12CC(C(F)(F)F)(C1)C2. The molecule has 0 unspecified atom stereocenters. The van der Waals surface area contributed by atoms with E-state index in [-0.39, 0.29) is 23.1 Å². The molecule has 5 N–H and O–H groups in total. The molecule has 0 aromatic carbocycles. The van der Waals surface area contributed by atoms with Crippen molar-refractivity contribution < 1.29 is 23.1 Å². The number of nitrogens with zero attached hydrogens (tertiary/aromatic N) is 2. The molecule has 2 bridgehead atoms. The second kappa shape index (κ2) is 8.68. The molecule has 0 radical (unpaired) electrons. The third-order valence-corrected chi connectivity index (χ3v) is 7.50. The zero-order valence-corrected chi connectivity index (χ0v) is 18.2. The number of alkyl halides is 3. The molecule has 10 heteroatoms. The highest BCUT2D eigenvalue weighted by atomic mass is 19.4. The second-order valence-corrected chi connectivity index (χ2v) is 10.0. The monoisotopic (exact) mass is 455 g/mol. The fraction of sp³-hybridized carbons (Fsp3) is 0.773. The molecule has 32 heavy (non-hydrogen) atoms. The van der Waals surface area contributed by atoms with E-state index in [1.165, 1.54) is 6.20 Å². The summed E-state index contributed by atoms with van der Waals surface area (Å²) < 4.78 is 38.8. The Bertz CT molecular complexity index is 820. The molecular weight excluding hydrogens is 423 g/mol. The number of primary amides is 1. The lowest BCUT2D eigenvalue weighted by molar-refractivity contribution is -0.364. The van der Waals surface area contributed by atoms with E-state index >= 15 is 0 Å². The zero-order valence-electron chi connectivity index (χ0n) is 18.2. The molecule has 1 aromatic heterocycles. The van der Waals surface area contributed by atoms with Crippen LogP contribution in [0, 0.1) is 10.8 Å². The normalized spacial score (nSPS) is 31.4. The van der Waals surface area contributed by atoms with Gasteiger partial charge in [0.25, 0.3) is 5.91 Å². The molecule has 7 nitrogen and oxygen atoms in total. The van der Waals surface area contributed by atoms with Crippen LogP contribution in [0.15, 0.2) is 6.20 Å². The van der Waals surface area contributed by atoms with E-state index in [1.807, 2.05) is 0 Å². The van der Waals surface area contributed by atoms with Gasteiger partial charge in [0.05, 0.1) is 17.1 Å². The molecule has 0 saturated heterocycles. The van der Waals surface area contributed by atoms with Crippen molar-refractivity contribution in [2.75, 3.05) is 17.2 Å². The standard InChI is InChI=1S/C22H32F3N5O2/c23-22(24,25)21-11-20(12-21,13-21)8-2-1-3-9-27-18-16(17(26)32)10-28-19(30-18)29-14-4-6-15(31)7-5-14/h10,14-15,31H,1-9,11-13H2,(H2,26,32)(H2,27,28,29,30). The van der Waals surface area contributed by atoms with Crippen molar-refractivity contribution in [1.29, 1.82) is 0 Å². The topological polar surface area (TPSA) is 113 Å². The van der Waals surface area contributed by atoms with Crippen molar-refractivity contribution in [3.05, 3.63) is 11.8 Å². The average Bonchev–Trinajstić information content (AvgIpc) is 2.65. The molecule has 0 atom stereocenters. The molecule has 0 aliphatic heterocycles. The van der Waals surface area contributed by atoms with E-state index in [9.17, 15) is 23.1 Å². The van der Waals surface area contributed by atoms with E-state index in [0.29, 0.717) is 37.6 Å². The molecule has 0 spiro atoms. The first-order valence-corrected chi connectivity index (χ1v) is 11.5. The van der Waals surface area contributed by atoms with E-state index in [1.54, 1.807) is 0 Å². The van der Waals surface area contributed by atoms with Gasteiger partial charge in [-0.15, -0.1) is 0 Å². The maximum Gasteiger partial charge on any atom is 0.394 e. The fourth-order valence-corrected chi connectivity index (χ4v) is 5.74. The van der Waals surface area contributed by atoms with Crippen LogP contribution < -0.4 is 16.4 Å². The summed E-state index contributed by atoms with van der Waals surface area (Å²) in [6.45, 7) is 0.589. The first kappa shape index (κ1) is 23.1. The van der Waals surface area contributed by atoms with Crippen molar-refractivity contribution in [3.8, 4) is 0 Å². The number of amides is 1. The summed E-state index contributed by atoms with van der Waals surface area (Å²) in [5.41, 5.74) is 4.24. The van der Waals surface area contributed by atoms with Gasteiger partial charge in [-0.05, 0) is 63.2 Å². The summed E-state index contributed by atoms with van der Waals surface area (Å²) in [6, 6.07) is 0.180. The zero-order chi connectivity index (χ0) is 23.0. The van der Waals surface area contributed by atoms with Crippen LogP contribution in [0.1, 0.15) is 81.0 Å². The molecule has 1 amide bonds. The van der Waals surface area contributed by atoms with Gasteiger partial charge in [0, 0.05) is 18.8 Å². The summed E-state index contributed by atoms with van der Waals surface area (Å²) >= 11 is 0. The number of nitrogens with one attached hydrogen (secondary N) is 2. The van der Waals surface area contributed by atoms with Crippen molar-refractivity contribution >= 4 is 17.7 Å². The predicted octanol–water partition coefficient (Wildman–Crippen LogP) is 4.00. The average molecular weight is 456 g/mol. The number of halogens is 3. The third kappa shape index (κ3) is 4.65. The number of carbonyl (C=O) groups excluding carboxylic acids is 1. The maximum absolute atomic E-state index is 12.9. The van der Waals surface area contributed by atoms with Gasteiger partial charge in [-0.3, -0.25) is 4.79 Å². The fourth-order valence-electron chi connectivity index (χ4n) is 5.74. The Labute approximate surface area is 185 Å². The van der Waals surface area contributed by atoms with E-state index in [0.717, 1.165) is 51.4 Å². The molecule has 178 valence electrons. The highest BCUT2D eigenvalue weighted by molar-refractivity contribution is 5.97. The number of aliphatic hydroxyl groups excluding tert-OH is 1. The van der Waals surface area contributed by atoms with Crippen LogP contribution >= 0.6 is 0 Å². The van der Waals surface area contributed by atoms with Crippen LogP contribution in [0.2, 0.25) is 0 Å². The number of unbranched alkanes of at least 4 members (excludes halogenated alkanes) is 2. The van der Waals surface area contributed by atoms with Gasteiger partial charge in [-0.2, -0.15) is 18.2 Å². The maximum atomic E-state index is 12.9. The molecule has 1 aromatic rings. The molecule has 5 rings (SSSR count). The molecule has 4 aliphatic carbocycles. The number of hydrogen-bond donors (Lipinski definition) is 4. The van der Waals surface area contributed by atoms with Crippen LogP contribution in [0.3, 0.4) is 0 Å². The van der Waals surface area contributed by atoms with Gasteiger partial charge >= 0.3 is 6.18 Å². The lowest BCUT2D eigenvalue weighted by Crippen LogP contribution is -2.67. The van der Waals surface area contributed by atoms with Gasteiger partial charge < -0.3 is 21.5 Å². The van der Waals surface area contributed by atoms with E-state index < -0.39 is 17.5 Å². The number of anilines is 2. The summed E-state index contributed by atoms with van der Waals surface area (Å²) in [5.74, 6) is 0.195. The minimum Gasteiger partial charge on any atom is -0.393 e. The van der Waals surface area contributed by atoms with Crippen molar-refractivity contribution in [3.63, 3.8) is 0 Å². The molecule has 1 heterocycles.